The van der Waals surface area contributed by atoms with E-state index in [-0.39, 0.29) is 34.7 Å². The molecule has 0 atom stereocenters. The van der Waals surface area contributed by atoms with Crippen LogP contribution in [0.3, 0.4) is 0 Å². The number of ketones is 1. The molecular weight excluding hydrogens is 512 g/mol. The van der Waals surface area contributed by atoms with E-state index in [1.807, 2.05) is 0 Å². The Bertz CT molecular complexity index is 1320. The molecular formula is C22H25F2N7O3S2. The van der Waals surface area contributed by atoms with Gasteiger partial charge in [0, 0.05) is 38.4 Å². The summed E-state index contributed by atoms with van der Waals surface area (Å²) < 4.78 is 55.4. The summed E-state index contributed by atoms with van der Waals surface area (Å²) in [5.41, 5.74) is 10.6. The molecule has 1 aliphatic heterocycles. The summed E-state index contributed by atoms with van der Waals surface area (Å²) in [4.78, 5) is 20.9. The number of nitrogens with two attached hydrogens (primary N) is 2. The van der Waals surface area contributed by atoms with Crippen molar-refractivity contribution in [1.29, 1.82) is 0 Å². The van der Waals surface area contributed by atoms with Crippen LogP contribution < -0.4 is 22.1 Å². The van der Waals surface area contributed by atoms with Crippen LogP contribution in [-0.4, -0.2) is 60.7 Å². The van der Waals surface area contributed by atoms with Crippen molar-refractivity contribution < 1.29 is 22.0 Å². The lowest BCUT2D eigenvalue weighted by molar-refractivity contribution is 0.103. The third kappa shape index (κ3) is 5.46. The van der Waals surface area contributed by atoms with Crippen molar-refractivity contribution in [1.82, 2.24) is 14.3 Å². The molecule has 0 bridgehead atoms. The highest BCUT2D eigenvalue weighted by atomic mass is 32.2. The first-order chi connectivity index (χ1) is 17.2. The van der Waals surface area contributed by atoms with E-state index in [2.05, 4.69) is 20.6 Å². The fraction of sp³-hybridized carbons (Fsp3) is 0.318. The van der Waals surface area contributed by atoms with Crippen LogP contribution in [0.15, 0.2) is 41.4 Å². The average Bonchev–Trinajstić information content (AvgIpc) is 3.23. The van der Waals surface area contributed by atoms with E-state index in [0.29, 0.717) is 36.9 Å². The van der Waals surface area contributed by atoms with Crippen LogP contribution >= 0.6 is 11.3 Å². The highest BCUT2D eigenvalue weighted by Crippen LogP contribution is 2.31. The lowest BCUT2D eigenvalue weighted by Crippen LogP contribution is -2.42. The van der Waals surface area contributed by atoms with E-state index in [1.54, 1.807) is 6.07 Å². The number of halogens is 2. The van der Waals surface area contributed by atoms with Crippen molar-refractivity contribution in [2.75, 3.05) is 42.5 Å². The Labute approximate surface area is 210 Å². The van der Waals surface area contributed by atoms with E-state index in [9.17, 15) is 22.0 Å². The smallest absolute Gasteiger partial charge is 0.244 e. The van der Waals surface area contributed by atoms with E-state index in [4.69, 9.17) is 11.5 Å². The Morgan fingerprint density at radius 3 is 2.47 bits per heavy atom. The molecule has 1 fully saturated rings. The molecule has 0 aliphatic carbocycles. The summed E-state index contributed by atoms with van der Waals surface area (Å²) >= 11 is 0.900. The van der Waals surface area contributed by atoms with Crippen LogP contribution in [0.5, 0.6) is 0 Å². The summed E-state index contributed by atoms with van der Waals surface area (Å²) in [6.07, 6.45) is 2.27. The minimum Gasteiger partial charge on any atom is -0.382 e. The normalized spacial score (nSPS) is 15.1. The standard InChI is InChI=1S/C22H25F2N7O3S2/c23-15-2-1-3-16(24)18(15)19(32)20-21(26)30-22(35-20)29-13-6-10-31(11-7-13)36(33,34)14-4-5-17(28-12-14)27-9-8-25/h1-5,12-13H,6-11,25-26H2,(H,27,28)(H,29,30). The zero-order chi connectivity index (χ0) is 25.9. The summed E-state index contributed by atoms with van der Waals surface area (Å²) in [5.74, 6) is -2.43. The number of aromatic nitrogens is 2. The molecule has 1 aromatic carbocycles. The first-order valence-corrected chi connectivity index (χ1v) is 13.4. The van der Waals surface area contributed by atoms with Crippen molar-refractivity contribution in [2.24, 2.45) is 5.73 Å². The zero-order valence-electron chi connectivity index (χ0n) is 19.1. The Morgan fingerprint density at radius 2 is 1.86 bits per heavy atom. The molecule has 192 valence electrons. The lowest BCUT2D eigenvalue weighted by atomic mass is 10.1. The van der Waals surface area contributed by atoms with Crippen LogP contribution in [-0.2, 0) is 10.0 Å². The van der Waals surface area contributed by atoms with Gasteiger partial charge in [0.1, 0.15) is 33.0 Å². The maximum atomic E-state index is 14.0. The quantitative estimate of drug-likeness (QED) is 0.301. The first kappa shape index (κ1) is 25.9. The largest absolute Gasteiger partial charge is 0.382 e. The maximum Gasteiger partial charge on any atom is 0.244 e. The third-order valence-electron chi connectivity index (χ3n) is 5.66. The van der Waals surface area contributed by atoms with Gasteiger partial charge in [0.15, 0.2) is 5.13 Å². The third-order valence-corrected chi connectivity index (χ3v) is 8.54. The van der Waals surface area contributed by atoms with Gasteiger partial charge in [-0.1, -0.05) is 17.4 Å². The monoisotopic (exact) mass is 537 g/mol. The minimum absolute atomic E-state index is 0.0709. The Balaban J connectivity index is 1.38. The van der Waals surface area contributed by atoms with Gasteiger partial charge in [-0.25, -0.2) is 27.2 Å². The number of piperidine rings is 1. The highest BCUT2D eigenvalue weighted by Gasteiger charge is 2.31. The van der Waals surface area contributed by atoms with Crippen LogP contribution in [0, 0.1) is 11.6 Å². The Hall–Kier alpha value is -3.20. The average molecular weight is 538 g/mol. The molecule has 6 N–H and O–H groups in total. The fourth-order valence-electron chi connectivity index (χ4n) is 3.79. The molecule has 10 nitrogen and oxygen atoms in total. The molecule has 0 spiro atoms. The van der Waals surface area contributed by atoms with Crippen LogP contribution in [0.1, 0.15) is 28.1 Å². The van der Waals surface area contributed by atoms with Gasteiger partial charge in [-0.15, -0.1) is 0 Å². The van der Waals surface area contributed by atoms with E-state index in [0.717, 1.165) is 23.5 Å². The molecule has 0 radical (unpaired) electrons. The number of nitrogens with zero attached hydrogens (tertiary/aromatic N) is 3. The van der Waals surface area contributed by atoms with Gasteiger partial charge in [-0.3, -0.25) is 4.79 Å². The lowest BCUT2D eigenvalue weighted by Gasteiger charge is -2.31. The molecule has 0 saturated carbocycles. The maximum absolute atomic E-state index is 14.0. The number of sulfonamides is 1. The van der Waals surface area contributed by atoms with Gasteiger partial charge in [0.05, 0.1) is 5.56 Å². The molecule has 0 amide bonds. The summed E-state index contributed by atoms with van der Waals surface area (Å²) in [6.45, 7) is 1.49. The van der Waals surface area contributed by atoms with Crippen molar-refractivity contribution in [3.63, 3.8) is 0 Å². The number of carbonyl (C=O) groups excluding carboxylic acids is 1. The predicted octanol–water partition coefficient (Wildman–Crippen LogP) is 2.27. The van der Waals surface area contributed by atoms with Crippen molar-refractivity contribution in [3.05, 3.63) is 58.6 Å². The predicted molar refractivity (Wildman–Crippen MR) is 134 cm³/mol. The van der Waals surface area contributed by atoms with Gasteiger partial charge in [0.2, 0.25) is 15.8 Å². The highest BCUT2D eigenvalue weighted by molar-refractivity contribution is 7.89. The topological polar surface area (TPSA) is 156 Å². The van der Waals surface area contributed by atoms with E-state index in [1.165, 1.54) is 22.6 Å². The second kappa shape index (κ2) is 10.8. The fourth-order valence-corrected chi connectivity index (χ4v) is 6.11. The van der Waals surface area contributed by atoms with Crippen LogP contribution in [0.4, 0.5) is 25.5 Å². The number of thiazole rings is 1. The molecule has 0 unspecified atom stereocenters. The molecule has 36 heavy (non-hydrogen) atoms. The number of carbonyl (C=O) groups is 1. The number of hydrogen-bond donors (Lipinski definition) is 4. The molecule has 3 aromatic rings. The van der Waals surface area contributed by atoms with Crippen LogP contribution in [0.25, 0.3) is 0 Å². The number of pyridine rings is 1. The number of rotatable bonds is 9. The molecule has 1 saturated heterocycles. The van der Waals surface area contributed by atoms with Gasteiger partial charge < -0.3 is 22.1 Å². The molecule has 2 aromatic heterocycles. The SMILES string of the molecule is NCCNc1ccc(S(=O)(=O)N2CCC(Nc3nc(N)c(C(=O)c4c(F)cccc4F)s3)CC2)cn1. The van der Waals surface area contributed by atoms with Gasteiger partial charge >= 0.3 is 0 Å². The summed E-state index contributed by atoms with van der Waals surface area (Å²) in [5, 5.41) is 6.45. The van der Waals surface area contributed by atoms with Gasteiger partial charge in [-0.05, 0) is 37.1 Å². The number of benzene rings is 1. The molecule has 3 heterocycles. The van der Waals surface area contributed by atoms with Crippen LogP contribution in [0.2, 0.25) is 0 Å². The van der Waals surface area contributed by atoms with E-state index < -0.39 is 33.0 Å². The van der Waals surface area contributed by atoms with Gasteiger partial charge in [-0.2, -0.15) is 4.31 Å². The Morgan fingerprint density at radius 1 is 1.17 bits per heavy atom. The number of nitrogen functional groups attached to an aromatic ring is 1. The Kier molecular flexibility index (Phi) is 7.78. The molecule has 14 heteroatoms. The van der Waals surface area contributed by atoms with Gasteiger partial charge in [0.25, 0.3) is 0 Å². The van der Waals surface area contributed by atoms with Crippen molar-refractivity contribution >= 4 is 43.9 Å². The second-order valence-electron chi connectivity index (χ2n) is 8.08. The first-order valence-electron chi connectivity index (χ1n) is 11.1. The van der Waals surface area contributed by atoms with E-state index >= 15 is 0 Å². The van der Waals surface area contributed by atoms with Crippen molar-refractivity contribution in [3.8, 4) is 0 Å². The molecule has 1 aliphatic rings. The number of nitrogens with one attached hydrogen (secondary N) is 2. The minimum atomic E-state index is -3.71. The second-order valence-corrected chi connectivity index (χ2v) is 11.0. The molecule has 4 rings (SSSR count). The number of anilines is 3. The number of hydrogen-bond acceptors (Lipinski definition) is 10. The summed E-state index contributed by atoms with van der Waals surface area (Å²) in [6, 6.07) is 6.13. The van der Waals surface area contributed by atoms with Crippen molar-refractivity contribution in [2.45, 2.75) is 23.8 Å². The summed E-state index contributed by atoms with van der Waals surface area (Å²) in [7, 11) is -3.71. The zero-order valence-corrected chi connectivity index (χ0v) is 20.7.